The van der Waals surface area contributed by atoms with Crippen molar-refractivity contribution < 1.29 is 56.2 Å². The van der Waals surface area contributed by atoms with E-state index in [1.807, 2.05) is 0 Å². The number of esters is 1. The fourth-order valence-electron chi connectivity index (χ4n) is 9.62. The van der Waals surface area contributed by atoms with Crippen LogP contribution in [0.5, 0.6) is 0 Å². The first-order valence-electron chi connectivity index (χ1n) is 30.7. The number of aliphatic hydroxyl groups is 3. The van der Waals surface area contributed by atoms with Gasteiger partial charge in [-0.2, -0.15) is 8.42 Å². The molecule has 1 aliphatic heterocycles. The van der Waals surface area contributed by atoms with Crippen molar-refractivity contribution in [2.24, 2.45) is 0 Å². The SMILES string of the molecule is CCCCCCC/C=C\C/C=C\C/C=C\CCCCCCCCCCCCCOCC(COC1OC(CO)C(O)C(OS(=O)(=O)O)C1O)OC(=O)CCCCCCCCCCCCCCCCCCCCCCC. The van der Waals surface area contributed by atoms with Gasteiger partial charge in [0, 0.05) is 13.0 Å². The standard InChI is InChI=1S/C61H114O12S/c1-3-5-7-9-11-13-15-17-19-21-23-25-26-27-28-29-31-33-35-37-39-41-43-45-47-49-51-69-53-55(54-70-61-59(65)60(73-74(66,67)68)58(64)56(52-62)72-61)71-57(63)50-48-46-44-42-40-38-36-34-32-30-24-22-20-18-16-14-12-10-8-6-4-2/h15,17,21,23,26-27,55-56,58-62,64-65H,3-14,16,18-20,22,24-25,28-54H2,1-2H3,(H,66,67,68)/b17-15-,23-21-,27-26-. The Morgan fingerprint density at radius 1 is 0.514 bits per heavy atom. The second-order valence-electron chi connectivity index (χ2n) is 21.3. The van der Waals surface area contributed by atoms with E-state index in [4.69, 9.17) is 18.9 Å². The van der Waals surface area contributed by atoms with Crippen LogP contribution in [0.3, 0.4) is 0 Å². The molecule has 0 amide bonds. The third-order valence-electron chi connectivity index (χ3n) is 14.3. The van der Waals surface area contributed by atoms with E-state index in [9.17, 15) is 33.1 Å². The normalized spacial score (nSPS) is 18.9. The maximum atomic E-state index is 13.0. The lowest BCUT2D eigenvalue weighted by atomic mass is 9.99. The van der Waals surface area contributed by atoms with E-state index in [0.717, 1.165) is 51.4 Å². The topological polar surface area (TPSA) is 178 Å². The average Bonchev–Trinajstić information content (AvgIpc) is 3.38. The highest BCUT2D eigenvalue weighted by molar-refractivity contribution is 7.80. The van der Waals surface area contributed by atoms with E-state index in [-0.39, 0.29) is 19.6 Å². The molecule has 4 N–H and O–H groups in total. The number of carbonyl (C=O) groups is 1. The van der Waals surface area contributed by atoms with Crippen molar-refractivity contribution in [3.63, 3.8) is 0 Å². The Labute approximate surface area is 454 Å². The summed E-state index contributed by atoms with van der Waals surface area (Å²) in [6, 6.07) is 0. The predicted octanol–water partition coefficient (Wildman–Crippen LogP) is 15.7. The van der Waals surface area contributed by atoms with Crippen LogP contribution < -0.4 is 0 Å². The molecular formula is C61H114O12S. The molecule has 0 radical (unpaired) electrons. The Morgan fingerprint density at radius 2 is 0.892 bits per heavy atom. The highest BCUT2D eigenvalue weighted by atomic mass is 32.3. The average molecular weight is 1070 g/mol. The summed E-state index contributed by atoms with van der Waals surface area (Å²) in [6.45, 7) is 4.04. The number of unbranched alkanes of at least 4 members (excludes halogenated alkanes) is 36. The van der Waals surface area contributed by atoms with Crippen molar-refractivity contribution in [1.82, 2.24) is 0 Å². The van der Waals surface area contributed by atoms with Gasteiger partial charge in [0.15, 0.2) is 6.29 Å². The van der Waals surface area contributed by atoms with Gasteiger partial charge in [-0.1, -0.05) is 262 Å². The molecule has 1 fully saturated rings. The van der Waals surface area contributed by atoms with Crippen LogP contribution >= 0.6 is 0 Å². The lowest BCUT2D eigenvalue weighted by molar-refractivity contribution is -0.301. The second-order valence-corrected chi connectivity index (χ2v) is 22.4. The van der Waals surface area contributed by atoms with Crippen LogP contribution in [0.15, 0.2) is 36.5 Å². The third-order valence-corrected chi connectivity index (χ3v) is 14.7. The Kier molecular flexibility index (Phi) is 49.5. The number of allylic oxidation sites excluding steroid dienone is 6. The fraction of sp³-hybridized carbons (Fsp3) is 0.885. The molecule has 6 atom stereocenters. The summed E-state index contributed by atoms with van der Waals surface area (Å²) in [4.78, 5) is 13.0. The molecule has 0 saturated carbocycles. The second kappa shape index (κ2) is 52.0. The minimum Gasteiger partial charge on any atom is -0.457 e. The van der Waals surface area contributed by atoms with Crippen LogP contribution in [0.2, 0.25) is 0 Å². The van der Waals surface area contributed by atoms with Crippen LogP contribution in [-0.4, -0.2) is 97.5 Å². The molecule has 0 aromatic heterocycles. The summed E-state index contributed by atoms with van der Waals surface area (Å²) in [5, 5.41) is 30.9. The lowest BCUT2D eigenvalue weighted by Crippen LogP contribution is -2.60. The Bertz CT molecular complexity index is 1420. The largest absolute Gasteiger partial charge is 0.457 e. The van der Waals surface area contributed by atoms with E-state index in [1.54, 1.807) is 0 Å². The maximum Gasteiger partial charge on any atom is 0.397 e. The molecule has 1 rings (SSSR count). The molecule has 0 spiro atoms. The van der Waals surface area contributed by atoms with Crippen molar-refractivity contribution in [2.45, 2.75) is 320 Å². The summed E-state index contributed by atoms with van der Waals surface area (Å²) < 4.78 is 59.5. The monoisotopic (exact) mass is 1070 g/mol. The van der Waals surface area contributed by atoms with Gasteiger partial charge in [0.1, 0.15) is 30.5 Å². The van der Waals surface area contributed by atoms with E-state index in [2.05, 4.69) is 54.5 Å². The Morgan fingerprint density at radius 3 is 1.30 bits per heavy atom. The number of carbonyl (C=O) groups excluding carboxylic acids is 1. The maximum absolute atomic E-state index is 13.0. The van der Waals surface area contributed by atoms with Crippen LogP contribution in [0.4, 0.5) is 0 Å². The summed E-state index contributed by atoms with van der Waals surface area (Å²) in [5.74, 6) is -0.394. The molecule has 0 aliphatic carbocycles. The van der Waals surface area contributed by atoms with Gasteiger partial charge in [0.05, 0.1) is 19.8 Å². The van der Waals surface area contributed by atoms with Crippen molar-refractivity contribution in [2.75, 3.05) is 26.4 Å². The highest BCUT2D eigenvalue weighted by Gasteiger charge is 2.48. The quantitative estimate of drug-likeness (QED) is 0.0196. The van der Waals surface area contributed by atoms with Crippen molar-refractivity contribution in [3.8, 4) is 0 Å². The van der Waals surface area contributed by atoms with Gasteiger partial charge in [-0.25, -0.2) is 4.18 Å². The zero-order valence-corrected chi connectivity index (χ0v) is 48.2. The molecule has 74 heavy (non-hydrogen) atoms. The van der Waals surface area contributed by atoms with Gasteiger partial charge in [-0.3, -0.25) is 9.35 Å². The third kappa shape index (κ3) is 44.3. The minimum atomic E-state index is -5.07. The zero-order valence-electron chi connectivity index (χ0n) is 47.4. The van der Waals surface area contributed by atoms with Crippen molar-refractivity contribution >= 4 is 16.4 Å². The van der Waals surface area contributed by atoms with Gasteiger partial charge >= 0.3 is 16.4 Å². The first-order valence-corrected chi connectivity index (χ1v) is 32.1. The van der Waals surface area contributed by atoms with Crippen LogP contribution in [-0.2, 0) is 38.3 Å². The molecule has 0 bridgehead atoms. The minimum absolute atomic E-state index is 0.0376. The highest BCUT2D eigenvalue weighted by Crippen LogP contribution is 2.26. The molecular weight excluding hydrogens is 957 g/mol. The van der Waals surface area contributed by atoms with Crippen molar-refractivity contribution in [1.29, 1.82) is 0 Å². The smallest absolute Gasteiger partial charge is 0.397 e. The first kappa shape index (κ1) is 70.3. The molecule has 1 heterocycles. The van der Waals surface area contributed by atoms with Crippen molar-refractivity contribution in [3.05, 3.63) is 36.5 Å². The van der Waals surface area contributed by atoms with Crippen LogP contribution in [0, 0.1) is 0 Å². The molecule has 1 saturated heterocycles. The van der Waals surface area contributed by atoms with Gasteiger partial charge < -0.3 is 34.3 Å². The Balaban J connectivity index is 2.26. The number of ether oxygens (including phenoxy) is 4. The molecule has 0 aromatic rings. The summed E-state index contributed by atoms with van der Waals surface area (Å²) >= 11 is 0. The molecule has 13 heteroatoms. The van der Waals surface area contributed by atoms with E-state index in [0.29, 0.717) is 13.0 Å². The van der Waals surface area contributed by atoms with Gasteiger partial charge in [-0.05, 0) is 51.4 Å². The molecule has 1 aliphatic rings. The lowest BCUT2D eigenvalue weighted by Gasteiger charge is -2.41. The first-order chi connectivity index (χ1) is 36.1. The van der Waals surface area contributed by atoms with Gasteiger partial charge in [-0.15, -0.1) is 0 Å². The summed E-state index contributed by atoms with van der Waals surface area (Å²) in [7, 11) is -5.07. The van der Waals surface area contributed by atoms with E-state index >= 15 is 0 Å². The van der Waals surface area contributed by atoms with E-state index < -0.39 is 59.8 Å². The van der Waals surface area contributed by atoms with Gasteiger partial charge in [0.2, 0.25) is 0 Å². The molecule has 436 valence electrons. The van der Waals surface area contributed by atoms with Crippen LogP contribution in [0.25, 0.3) is 0 Å². The predicted molar refractivity (Wildman–Crippen MR) is 304 cm³/mol. The summed E-state index contributed by atoms with van der Waals surface area (Å²) in [5.41, 5.74) is 0. The number of hydrogen-bond acceptors (Lipinski definition) is 11. The molecule has 6 unspecified atom stereocenters. The number of aliphatic hydroxyl groups excluding tert-OH is 3. The molecule has 0 aromatic carbocycles. The Hall–Kier alpha value is -1.68. The summed E-state index contributed by atoms with van der Waals surface area (Å²) in [6.07, 6.45) is 56.1. The zero-order chi connectivity index (χ0) is 53.8. The molecule has 12 nitrogen and oxygen atoms in total. The van der Waals surface area contributed by atoms with Crippen LogP contribution in [0.1, 0.15) is 284 Å². The number of rotatable bonds is 55. The van der Waals surface area contributed by atoms with Gasteiger partial charge in [0.25, 0.3) is 0 Å². The fourth-order valence-corrected chi connectivity index (χ4v) is 10.1. The van der Waals surface area contributed by atoms with E-state index in [1.165, 1.54) is 205 Å². The number of hydrogen-bond donors (Lipinski definition) is 4.